The summed E-state index contributed by atoms with van der Waals surface area (Å²) >= 11 is 1.71. The summed E-state index contributed by atoms with van der Waals surface area (Å²) in [4.78, 5) is 19.7. The number of nitrogens with one attached hydrogen (secondary N) is 2. The molecule has 0 spiro atoms. The third-order valence-corrected chi connectivity index (χ3v) is 6.49. The monoisotopic (exact) mass is 440 g/mol. The van der Waals surface area contributed by atoms with Crippen LogP contribution in [0.2, 0.25) is 0 Å². The van der Waals surface area contributed by atoms with Crippen molar-refractivity contribution in [2.24, 2.45) is 16.6 Å². The molecule has 7 nitrogen and oxygen atoms in total. The van der Waals surface area contributed by atoms with Crippen LogP contribution in [-0.2, 0) is 9.53 Å². The van der Waals surface area contributed by atoms with Crippen molar-refractivity contribution in [3.05, 3.63) is 48.0 Å². The number of nitrogens with two attached hydrogens (primary N) is 1. The average molecular weight is 441 g/mol. The maximum Gasteiger partial charge on any atom is 0.245 e. The maximum absolute atomic E-state index is 12.9. The molecule has 0 bridgehead atoms. The first-order chi connectivity index (χ1) is 14.9. The number of carbonyl (C=O) groups is 1. The van der Waals surface area contributed by atoms with E-state index in [2.05, 4.69) is 21.7 Å². The first-order valence-corrected chi connectivity index (χ1v) is 11.3. The number of amides is 1. The van der Waals surface area contributed by atoms with Crippen LogP contribution in [0, 0.1) is 5.92 Å². The molecule has 0 aliphatic carbocycles. The lowest BCUT2D eigenvalue weighted by Crippen LogP contribution is -2.45. The van der Waals surface area contributed by atoms with Crippen LogP contribution in [0.15, 0.2) is 57.2 Å². The van der Waals surface area contributed by atoms with Crippen LogP contribution in [0.1, 0.15) is 32.3 Å². The number of aliphatic imine (C=N–C) groups is 1. The molecule has 2 aromatic rings. The molecule has 2 aromatic carbocycles. The summed E-state index contributed by atoms with van der Waals surface area (Å²) in [5, 5.41) is 16.1. The highest BCUT2D eigenvalue weighted by Crippen LogP contribution is 2.44. The summed E-state index contributed by atoms with van der Waals surface area (Å²) in [6.07, 6.45) is 0.163. The van der Waals surface area contributed by atoms with Gasteiger partial charge in [-0.2, -0.15) is 0 Å². The van der Waals surface area contributed by atoms with Crippen molar-refractivity contribution in [1.29, 1.82) is 0 Å². The summed E-state index contributed by atoms with van der Waals surface area (Å²) in [6, 6.07) is 13.0. The number of ether oxygens (including phenoxy) is 1. The van der Waals surface area contributed by atoms with Crippen LogP contribution in [0.5, 0.6) is 0 Å². The third kappa shape index (κ3) is 5.03. The number of rotatable bonds is 6. The molecule has 1 unspecified atom stereocenters. The van der Waals surface area contributed by atoms with Gasteiger partial charge in [-0.15, -0.1) is 0 Å². The van der Waals surface area contributed by atoms with Crippen LogP contribution < -0.4 is 16.4 Å². The quantitative estimate of drug-likeness (QED) is 0.346. The second kappa shape index (κ2) is 9.30. The molecular formula is C23H28N4O3S. The number of nitrogens with zero attached hydrogens (tertiary/aromatic N) is 1. The fourth-order valence-electron chi connectivity index (χ4n) is 3.70. The minimum absolute atomic E-state index is 0.244. The van der Waals surface area contributed by atoms with E-state index in [1.807, 2.05) is 50.2 Å². The predicted octanol–water partition coefficient (Wildman–Crippen LogP) is 3.24. The number of anilines is 2. The van der Waals surface area contributed by atoms with Gasteiger partial charge in [-0.1, -0.05) is 43.8 Å². The van der Waals surface area contributed by atoms with Gasteiger partial charge in [0.15, 0.2) is 6.29 Å². The molecule has 1 amide bonds. The Morgan fingerprint density at radius 1 is 1.29 bits per heavy atom. The van der Waals surface area contributed by atoms with Gasteiger partial charge in [-0.05, 0) is 43.0 Å². The Balaban J connectivity index is 1.53. The number of hydrogen-bond acceptors (Lipinski definition) is 6. The normalized spacial score (nSPS) is 21.2. The molecule has 2 aliphatic heterocycles. The zero-order chi connectivity index (χ0) is 22.0. The Hall–Kier alpha value is -2.55. The third-order valence-electron chi connectivity index (χ3n) is 5.33. The molecule has 1 fully saturated rings. The SMILES string of the molecule is CC(C)C[C@H](N=C(N)c1ccc2c(c1)Nc1ccccc1S2)C(=O)N[C@H]1CCOC1O. The minimum atomic E-state index is -0.975. The van der Waals surface area contributed by atoms with Gasteiger partial charge in [0.05, 0.1) is 24.0 Å². The van der Waals surface area contributed by atoms with E-state index in [-0.39, 0.29) is 11.8 Å². The van der Waals surface area contributed by atoms with Gasteiger partial charge in [0.1, 0.15) is 11.9 Å². The number of benzene rings is 2. The van der Waals surface area contributed by atoms with Crippen molar-refractivity contribution in [3.63, 3.8) is 0 Å². The molecular weight excluding hydrogens is 412 g/mol. The fraction of sp³-hybridized carbons (Fsp3) is 0.391. The van der Waals surface area contributed by atoms with E-state index in [0.29, 0.717) is 25.3 Å². The van der Waals surface area contributed by atoms with Crippen molar-refractivity contribution in [2.45, 2.75) is 54.9 Å². The number of aliphatic hydroxyl groups is 1. The Morgan fingerprint density at radius 2 is 2.06 bits per heavy atom. The Bertz CT molecular complexity index is 995. The van der Waals surface area contributed by atoms with Crippen molar-refractivity contribution in [3.8, 4) is 0 Å². The lowest BCUT2D eigenvalue weighted by molar-refractivity contribution is -0.126. The summed E-state index contributed by atoms with van der Waals surface area (Å²) in [6.45, 7) is 4.50. The number of hydrogen-bond donors (Lipinski definition) is 4. The molecule has 0 saturated carbocycles. The zero-order valence-electron chi connectivity index (χ0n) is 17.7. The highest BCUT2D eigenvalue weighted by atomic mass is 32.2. The lowest BCUT2D eigenvalue weighted by atomic mass is 10.0. The summed E-state index contributed by atoms with van der Waals surface area (Å²) < 4.78 is 5.13. The van der Waals surface area contributed by atoms with Crippen LogP contribution >= 0.6 is 11.8 Å². The van der Waals surface area contributed by atoms with Crippen LogP contribution in [0.25, 0.3) is 0 Å². The lowest BCUT2D eigenvalue weighted by Gasteiger charge is -2.22. The van der Waals surface area contributed by atoms with E-state index in [9.17, 15) is 9.90 Å². The van der Waals surface area contributed by atoms with E-state index in [1.165, 1.54) is 4.90 Å². The highest BCUT2D eigenvalue weighted by molar-refractivity contribution is 7.99. The van der Waals surface area contributed by atoms with E-state index in [0.717, 1.165) is 21.8 Å². The number of carbonyl (C=O) groups excluding carboxylic acids is 1. The Labute approximate surface area is 186 Å². The van der Waals surface area contributed by atoms with Gasteiger partial charge in [-0.3, -0.25) is 9.79 Å². The molecule has 5 N–H and O–H groups in total. The van der Waals surface area contributed by atoms with E-state index >= 15 is 0 Å². The van der Waals surface area contributed by atoms with Gasteiger partial charge in [0, 0.05) is 15.4 Å². The standard InChI is InChI=1S/C23H28N4O3S/c1-13(2)11-18(22(28)27-16-9-10-30-23(16)29)26-21(24)14-7-8-20-17(12-14)25-15-5-3-4-6-19(15)31-20/h3-8,12-13,16,18,23,25,29H,9-11H2,1-2H3,(H2,24,26)(H,27,28)/t16-,18-,23?/m0/s1. The van der Waals surface area contributed by atoms with E-state index in [1.54, 1.807) is 11.8 Å². The number of fused-ring (bicyclic) bond motifs is 2. The molecule has 2 heterocycles. The van der Waals surface area contributed by atoms with Crippen molar-refractivity contribution in [1.82, 2.24) is 5.32 Å². The maximum atomic E-state index is 12.9. The molecule has 3 atom stereocenters. The van der Waals surface area contributed by atoms with E-state index in [4.69, 9.17) is 10.5 Å². The summed E-state index contributed by atoms with van der Waals surface area (Å²) in [5.74, 6) is 0.333. The van der Waals surface area contributed by atoms with Crippen molar-refractivity contribution in [2.75, 3.05) is 11.9 Å². The Morgan fingerprint density at radius 3 is 2.81 bits per heavy atom. The largest absolute Gasteiger partial charge is 0.383 e. The number of para-hydroxylation sites is 1. The van der Waals surface area contributed by atoms with Crippen LogP contribution in [-0.4, -0.2) is 41.8 Å². The fourth-order valence-corrected chi connectivity index (χ4v) is 4.67. The number of amidine groups is 1. The first-order valence-electron chi connectivity index (χ1n) is 10.5. The Kier molecular flexibility index (Phi) is 6.50. The second-order valence-electron chi connectivity index (χ2n) is 8.26. The summed E-state index contributed by atoms with van der Waals surface area (Å²) in [5.41, 5.74) is 9.12. The van der Waals surface area contributed by atoms with Gasteiger partial charge in [0.2, 0.25) is 5.91 Å². The highest BCUT2D eigenvalue weighted by Gasteiger charge is 2.30. The minimum Gasteiger partial charge on any atom is -0.383 e. The smallest absolute Gasteiger partial charge is 0.245 e. The van der Waals surface area contributed by atoms with Crippen molar-refractivity contribution < 1.29 is 14.6 Å². The molecule has 2 aliphatic rings. The van der Waals surface area contributed by atoms with E-state index < -0.39 is 18.4 Å². The van der Waals surface area contributed by atoms with Gasteiger partial charge < -0.3 is 26.2 Å². The molecule has 31 heavy (non-hydrogen) atoms. The zero-order valence-corrected chi connectivity index (χ0v) is 18.5. The average Bonchev–Trinajstić information content (AvgIpc) is 3.15. The molecule has 0 radical (unpaired) electrons. The molecule has 4 rings (SSSR count). The first kappa shape index (κ1) is 21.7. The molecule has 8 heteroatoms. The number of aliphatic hydroxyl groups excluding tert-OH is 1. The van der Waals surface area contributed by atoms with Crippen LogP contribution in [0.4, 0.5) is 11.4 Å². The van der Waals surface area contributed by atoms with Gasteiger partial charge in [-0.25, -0.2) is 0 Å². The topological polar surface area (TPSA) is 109 Å². The summed E-state index contributed by atoms with van der Waals surface area (Å²) in [7, 11) is 0. The van der Waals surface area contributed by atoms with Crippen LogP contribution in [0.3, 0.4) is 0 Å². The molecule has 1 saturated heterocycles. The van der Waals surface area contributed by atoms with Crippen molar-refractivity contribution >= 4 is 34.9 Å². The molecule has 164 valence electrons. The molecule has 0 aromatic heterocycles. The second-order valence-corrected chi connectivity index (χ2v) is 9.34. The van der Waals surface area contributed by atoms with Gasteiger partial charge >= 0.3 is 0 Å². The predicted molar refractivity (Wildman–Crippen MR) is 123 cm³/mol. The van der Waals surface area contributed by atoms with Gasteiger partial charge in [0.25, 0.3) is 0 Å².